The Kier molecular flexibility index (Phi) is 6.89. The quantitative estimate of drug-likeness (QED) is 0.406. The lowest BCUT2D eigenvalue weighted by Gasteiger charge is -2.27. The van der Waals surface area contributed by atoms with E-state index in [2.05, 4.69) is 30.8 Å². The maximum Gasteiger partial charge on any atom is 0.434 e. The first-order chi connectivity index (χ1) is 16.0. The number of H-pyrrole nitrogens is 1. The van der Waals surface area contributed by atoms with Gasteiger partial charge in [0.15, 0.2) is 0 Å². The molecule has 0 fully saturated rings. The van der Waals surface area contributed by atoms with Crippen LogP contribution in [0.1, 0.15) is 54.0 Å². The molecule has 3 N–H and O–H groups in total. The predicted octanol–water partition coefficient (Wildman–Crippen LogP) is 3.87. The minimum Gasteiger partial charge on any atom is -0.492 e. The van der Waals surface area contributed by atoms with E-state index in [1.807, 2.05) is 0 Å². The fourth-order valence-corrected chi connectivity index (χ4v) is 6.06. The van der Waals surface area contributed by atoms with Crippen LogP contribution in [0.15, 0.2) is 42.8 Å². The van der Waals surface area contributed by atoms with Crippen molar-refractivity contribution in [3.05, 3.63) is 72.7 Å². The minimum absolute atomic E-state index is 0.0709. The van der Waals surface area contributed by atoms with Crippen molar-refractivity contribution in [1.82, 2.24) is 14.9 Å². The summed E-state index contributed by atoms with van der Waals surface area (Å²) in [5.41, 5.74) is 0.919. The van der Waals surface area contributed by atoms with E-state index in [4.69, 9.17) is 20.8 Å². The monoisotopic (exact) mass is 575 g/mol. The van der Waals surface area contributed by atoms with Crippen molar-refractivity contribution >= 4 is 37.6 Å². The van der Waals surface area contributed by atoms with E-state index in [1.54, 1.807) is 13.8 Å². The number of hydrogen-bond donors (Lipinski definition) is 3. The number of halogens is 3. The molecule has 0 spiro atoms. The largest absolute Gasteiger partial charge is 0.492 e. The number of aromatic amines is 1. The number of fused-ring (bicyclic) bond motifs is 1. The summed E-state index contributed by atoms with van der Waals surface area (Å²) < 4.78 is 55.6. The number of nitrogens with zero attached hydrogens (tertiary/aromatic N) is 1. The number of aliphatic hydroxyl groups excluding tert-OH is 1. The molecular weight excluding hydrogens is 557 g/mol. The van der Waals surface area contributed by atoms with Gasteiger partial charge in [-0.25, -0.2) is 22.7 Å². The van der Waals surface area contributed by atoms with Crippen LogP contribution >= 0.6 is 27.5 Å². The molecule has 0 radical (unpaired) electrons. The van der Waals surface area contributed by atoms with E-state index in [9.17, 15) is 22.7 Å². The smallest absolute Gasteiger partial charge is 0.434 e. The van der Waals surface area contributed by atoms with Gasteiger partial charge >= 0.3 is 5.76 Å². The van der Waals surface area contributed by atoms with E-state index in [1.165, 1.54) is 24.3 Å². The maximum atomic E-state index is 14.8. The molecule has 3 aromatic rings. The fraction of sp³-hybridized carbons (Fsp3) is 0.333. The zero-order valence-corrected chi connectivity index (χ0v) is 21.1. The van der Waals surface area contributed by atoms with Gasteiger partial charge in [-0.1, -0.05) is 34.5 Å². The summed E-state index contributed by atoms with van der Waals surface area (Å²) in [5.74, 6) is -2.66. The number of ether oxygens (including phenoxy) is 1. The molecule has 2 heterocycles. The van der Waals surface area contributed by atoms with Crippen molar-refractivity contribution in [3.63, 3.8) is 0 Å². The summed E-state index contributed by atoms with van der Waals surface area (Å²) in [4.78, 5) is 11.4. The molecule has 4 rings (SSSR count). The second kappa shape index (κ2) is 9.42. The lowest BCUT2D eigenvalue weighted by molar-refractivity contribution is 0.113. The molecule has 34 heavy (non-hydrogen) atoms. The van der Waals surface area contributed by atoms with Crippen molar-refractivity contribution in [2.24, 2.45) is 0 Å². The third-order valence-corrected chi connectivity index (χ3v) is 8.37. The molecule has 0 saturated carbocycles. The van der Waals surface area contributed by atoms with Crippen molar-refractivity contribution in [2.45, 2.75) is 43.2 Å². The molecule has 0 aliphatic carbocycles. The molecule has 2 aromatic carbocycles. The topological polar surface area (TPSA) is 135 Å². The second-order valence-corrected chi connectivity index (χ2v) is 10.8. The molecule has 182 valence electrons. The summed E-state index contributed by atoms with van der Waals surface area (Å²) in [6.45, 7) is 3.35. The van der Waals surface area contributed by atoms with E-state index < -0.39 is 39.7 Å². The van der Waals surface area contributed by atoms with Gasteiger partial charge in [-0.2, -0.15) is 4.72 Å². The average molecular weight is 577 g/mol. The zero-order valence-electron chi connectivity index (χ0n) is 17.9. The first-order valence-corrected chi connectivity index (χ1v) is 12.8. The maximum absolute atomic E-state index is 14.8. The van der Waals surface area contributed by atoms with Crippen molar-refractivity contribution in [2.75, 3.05) is 6.61 Å². The Morgan fingerprint density at radius 1 is 1.35 bits per heavy atom. The van der Waals surface area contributed by atoms with Gasteiger partial charge in [-0.05, 0) is 42.3 Å². The highest BCUT2D eigenvalue weighted by Crippen LogP contribution is 2.43. The van der Waals surface area contributed by atoms with Gasteiger partial charge in [-0.3, -0.25) is 0 Å². The van der Waals surface area contributed by atoms with Gasteiger partial charge in [0.05, 0.1) is 17.7 Å². The van der Waals surface area contributed by atoms with Crippen LogP contribution in [0.25, 0.3) is 0 Å². The normalized spacial score (nSPS) is 17.6. The van der Waals surface area contributed by atoms with Crippen molar-refractivity contribution in [1.29, 1.82) is 0 Å². The van der Waals surface area contributed by atoms with E-state index in [0.29, 0.717) is 10.0 Å². The third kappa shape index (κ3) is 4.52. The molecule has 1 aliphatic heterocycles. The van der Waals surface area contributed by atoms with Crippen LogP contribution < -0.4 is 15.2 Å². The molecule has 3 atom stereocenters. The Hall–Kier alpha value is -2.25. The Balaban J connectivity index is 1.82. The Bertz CT molecular complexity index is 1410. The van der Waals surface area contributed by atoms with Crippen LogP contribution in [0.2, 0.25) is 5.02 Å². The Labute approximate surface area is 207 Å². The predicted molar refractivity (Wildman–Crippen MR) is 124 cm³/mol. The molecule has 1 aliphatic rings. The molecular formula is C21H20BrClFN3O6S. The van der Waals surface area contributed by atoms with Gasteiger partial charge in [0.2, 0.25) is 15.9 Å². The van der Waals surface area contributed by atoms with Gasteiger partial charge in [0.1, 0.15) is 22.5 Å². The van der Waals surface area contributed by atoms with E-state index in [-0.39, 0.29) is 45.7 Å². The number of sulfonamides is 1. The number of nitrogens with one attached hydrogen (secondary N) is 2. The molecule has 0 amide bonds. The van der Waals surface area contributed by atoms with Gasteiger partial charge in [-0.15, -0.1) is 5.10 Å². The van der Waals surface area contributed by atoms with E-state index in [0.717, 1.165) is 0 Å². The molecule has 1 unspecified atom stereocenters. The highest BCUT2D eigenvalue weighted by molar-refractivity contribution is 9.10. The zero-order chi connectivity index (χ0) is 24.8. The lowest BCUT2D eigenvalue weighted by atomic mass is 9.90. The Morgan fingerprint density at radius 2 is 2.09 bits per heavy atom. The van der Waals surface area contributed by atoms with Crippen LogP contribution in [0.3, 0.4) is 0 Å². The number of benzene rings is 2. The number of rotatable bonds is 6. The van der Waals surface area contributed by atoms with Gasteiger partial charge < -0.3 is 14.3 Å². The lowest BCUT2D eigenvalue weighted by Crippen LogP contribution is -2.33. The summed E-state index contributed by atoms with van der Waals surface area (Å²) in [5, 5.41) is 16.4. The molecule has 0 saturated heterocycles. The van der Waals surface area contributed by atoms with Crippen LogP contribution in [-0.2, 0) is 10.0 Å². The number of aliphatic hydroxyl groups is 1. The molecule has 1 aromatic heterocycles. The van der Waals surface area contributed by atoms with Crippen molar-refractivity contribution in [3.8, 4) is 5.75 Å². The highest BCUT2D eigenvalue weighted by atomic mass is 79.9. The third-order valence-electron chi connectivity index (χ3n) is 5.72. The minimum atomic E-state index is -4.36. The van der Waals surface area contributed by atoms with Crippen LogP contribution in [-0.4, -0.2) is 30.3 Å². The molecule has 0 bridgehead atoms. The first-order valence-electron chi connectivity index (χ1n) is 10.2. The summed E-state index contributed by atoms with van der Waals surface area (Å²) in [6, 6.07) is 4.11. The van der Waals surface area contributed by atoms with E-state index >= 15 is 0 Å². The second-order valence-electron chi connectivity index (χ2n) is 7.85. The first kappa shape index (κ1) is 24.9. The average Bonchev–Trinajstić information content (AvgIpc) is 3.21. The number of aromatic nitrogens is 2. The molecule has 13 heteroatoms. The fourth-order valence-electron chi connectivity index (χ4n) is 4.01. The summed E-state index contributed by atoms with van der Waals surface area (Å²) >= 11 is 9.53. The molecule has 9 nitrogen and oxygen atoms in total. The SMILES string of the molecule is Cc1c(Br)ccc(F)c1[C@@H](C)[C@H](NS(=O)(=O)c1ccc(Cl)c2c1OCCC2O)c1n[nH]c(=O)o1. The highest BCUT2D eigenvalue weighted by Gasteiger charge is 2.36. The summed E-state index contributed by atoms with van der Waals surface area (Å²) in [6.07, 6.45) is -0.743. The van der Waals surface area contributed by atoms with Gasteiger partial charge in [0, 0.05) is 22.4 Å². The van der Waals surface area contributed by atoms with Crippen LogP contribution in [0.5, 0.6) is 5.75 Å². The summed E-state index contributed by atoms with van der Waals surface area (Å²) in [7, 11) is -4.36. The van der Waals surface area contributed by atoms with Crippen LogP contribution in [0.4, 0.5) is 4.39 Å². The Morgan fingerprint density at radius 3 is 2.76 bits per heavy atom. The van der Waals surface area contributed by atoms with Gasteiger partial charge in [0.25, 0.3) is 0 Å². The van der Waals surface area contributed by atoms with Crippen LogP contribution in [0, 0.1) is 12.7 Å². The number of hydrogen-bond acceptors (Lipinski definition) is 7. The van der Waals surface area contributed by atoms with Crippen molar-refractivity contribution < 1.29 is 27.1 Å². The standard InChI is InChI=1S/C21H20BrClFN3O6S/c1-9-11(22)3-5-13(24)16(9)10(2)18(20-25-26-21(29)33-20)27-34(30,31)15-6-4-12(23)17-14(28)7-8-32-19(15)17/h3-6,10,14,18,27-28H,7-8H2,1-2H3,(H,26,29)/t10-,14?,18+/m1/s1.